The molecule has 0 atom stereocenters. The van der Waals surface area contributed by atoms with Crippen LogP contribution in [0.1, 0.15) is 0 Å². The summed E-state index contributed by atoms with van der Waals surface area (Å²) in [7, 11) is 0. The van der Waals surface area contributed by atoms with Gasteiger partial charge in [0, 0.05) is 78.8 Å². The number of benzene rings is 8. The van der Waals surface area contributed by atoms with Crippen molar-refractivity contribution in [1.29, 1.82) is 0 Å². The number of fused-ring (bicyclic) bond motifs is 11. The van der Waals surface area contributed by atoms with Crippen molar-refractivity contribution in [3.05, 3.63) is 170 Å². The van der Waals surface area contributed by atoms with Gasteiger partial charge in [-0.25, -0.2) is 19.9 Å². The summed E-state index contributed by atoms with van der Waals surface area (Å²) < 4.78 is 4.92. The van der Waals surface area contributed by atoms with Crippen molar-refractivity contribution in [3.8, 4) is 45.4 Å². The van der Waals surface area contributed by atoms with Crippen LogP contribution in [0.2, 0.25) is 0 Å². The number of rotatable bonds is 4. The minimum absolute atomic E-state index is 0.646. The molecule has 0 amide bonds. The van der Waals surface area contributed by atoms with E-state index in [-0.39, 0.29) is 0 Å². The van der Waals surface area contributed by atoms with Gasteiger partial charge in [-0.3, -0.25) is 0 Å². The highest BCUT2D eigenvalue weighted by Crippen LogP contribution is 2.45. The van der Waals surface area contributed by atoms with Gasteiger partial charge in [0.25, 0.3) is 0 Å². The summed E-state index contributed by atoms with van der Waals surface area (Å²) in [4.78, 5) is 21.0. The molecule has 4 aromatic heterocycles. The number of nitrogens with zero attached hydrogens (tertiary/aromatic N) is 4. The number of thiophene rings is 2. The van der Waals surface area contributed by atoms with Gasteiger partial charge in [0.15, 0.2) is 17.5 Å². The van der Waals surface area contributed by atoms with Crippen molar-refractivity contribution in [2.45, 2.75) is 0 Å². The summed E-state index contributed by atoms with van der Waals surface area (Å²) >= 11 is 3.63. The molecule has 4 nitrogen and oxygen atoms in total. The average molecular weight is 749 g/mol. The third kappa shape index (κ3) is 4.90. The highest BCUT2D eigenvalue weighted by molar-refractivity contribution is 7.26. The zero-order valence-corrected chi connectivity index (χ0v) is 31.4. The molecular weight excluding hydrogens is 721 g/mol. The van der Waals surface area contributed by atoms with Crippen LogP contribution in [0, 0.1) is 0 Å². The predicted octanol–water partition coefficient (Wildman–Crippen LogP) is 14.1. The fourth-order valence-electron chi connectivity index (χ4n) is 8.31. The molecule has 0 saturated heterocycles. The monoisotopic (exact) mass is 748 g/mol. The van der Waals surface area contributed by atoms with Gasteiger partial charge in [-0.2, -0.15) is 0 Å². The molecule has 12 rings (SSSR count). The molecule has 56 heavy (non-hydrogen) atoms. The number of hydrogen-bond acceptors (Lipinski definition) is 6. The Balaban J connectivity index is 1.13. The number of aromatic nitrogens is 4. The minimum atomic E-state index is 0.646. The van der Waals surface area contributed by atoms with Gasteiger partial charge >= 0.3 is 0 Å². The molecule has 4 heterocycles. The molecule has 0 N–H and O–H groups in total. The molecule has 0 radical (unpaired) electrons. The molecule has 8 aromatic carbocycles. The van der Waals surface area contributed by atoms with E-state index < -0.39 is 0 Å². The van der Waals surface area contributed by atoms with Gasteiger partial charge in [0.05, 0.1) is 11.2 Å². The van der Waals surface area contributed by atoms with Crippen molar-refractivity contribution in [1.82, 2.24) is 19.9 Å². The summed E-state index contributed by atoms with van der Waals surface area (Å²) in [6.07, 6.45) is 0. The molecule has 0 aliphatic carbocycles. The van der Waals surface area contributed by atoms with Crippen molar-refractivity contribution >= 4 is 95.5 Å². The lowest BCUT2D eigenvalue weighted by Crippen LogP contribution is -2.00. The Morgan fingerprint density at radius 2 is 0.964 bits per heavy atom. The molecule has 0 aliphatic rings. The minimum Gasteiger partial charge on any atom is -0.247 e. The predicted molar refractivity (Wildman–Crippen MR) is 238 cm³/mol. The van der Waals surface area contributed by atoms with Crippen LogP contribution in [0.25, 0.3) is 118 Å². The molecule has 260 valence electrons. The second-order valence-corrected chi connectivity index (χ2v) is 16.3. The summed E-state index contributed by atoms with van der Waals surface area (Å²) in [6.45, 7) is 0. The first-order chi connectivity index (χ1) is 27.7. The molecule has 0 aliphatic heterocycles. The molecule has 0 fully saturated rings. The molecule has 12 aromatic rings. The van der Waals surface area contributed by atoms with Crippen LogP contribution < -0.4 is 0 Å². The van der Waals surface area contributed by atoms with E-state index in [1.54, 1.807) is 11.3 Å². The van der Waals surface area contributed by atoms with E-state index in [1.807, 2.05) is 11.3 Å². The highest BCUT2D eigenvalue weighted by Gasteiger charge is 2.20. The summed E-state index contributed by atoms with van der Waals surface area (Å²) in [5, 5.41) is 10.7. The van der Waals surface area contributed by atoms with E-state index in [0.717, 1.165) is 49.6 Å². The quantitative estimate of drug-likeness (QED) is 0.168. The van der Waals surface area contributed by atoms with Gasteiger partial charge < -0.3 is 0 Å². The molecule has 0 spiro atoms. The molecule has 0 unspecified atom stereocenters. The topological polar surface area (TPSA) is 51.6 Å². The molecule has 0 bridgehead atoms. The lowest BCUT2D eigenvalue weighted by atomic mass is 9.96. The third-order valence-corrected chi connectivity index (χ3v) is 13.2. The van der Waals surface area contributed by atoms with Crippen LogP contribution in [0.15, 0.2) is 170 Å². The SMILES string of the molecule is c1ccc(-c2nc3ccccc3c3c2ccc2sc4ccc(-c5nc(-c6ccc7ccccc7c6)nc(-c6cccc7sc8ccccc8c67)n5)cc4c23)cc1. The van der Waals surface area contributed by atoms with E-state index in [2.05, 4.69) is 170 Å². The fraction of sp³-hybridized carbons (Fsp3) is 0. The van der Waals surface area contributed by atoms with Gasteiger partial charge in [-0.15, -0.1) is 22.7 Å². The van der Waals surface area contributed by atoms with E-state index >= 15 is 0 Å². The Labute approximate surface area is 329 Å². The maximum atomic E-state index is 5.31. The van der Waals surface area contributed by atoms with E-state index in [4.69, 9.17) is 19.9 Å². The highest BCUT2D eigenvalue weighted by atomic mass is 32.1. The van der Waals surface area contributed by atoms with Crippen LogP contribution in [-0.2, 0) is 0 Å². The lowest BCUT2D eigenvalue weighted by Gasteiger charge is -2.12. The zero-order chi connectivity index (χ0) is 36.7. The van der Waals surface area contributed by atoms with Crippen molar-refractivity contribution < 1.29 is 0 Å². The Morgan fingerprint density at radius 3 is 1.84 bits per heavy atom. The smallest absolute Gasteiger partial charge is 0.164 e. The maximum absolute atomic E-state index is 5.31. The van der Waals surface area contributed by atoms with E-state index in [0.29, 0.717) is 17.5 Å². The molecular formula is C50H28N4S2. The maximum Gasteiger partial charge on any atom is 0.164 e. The Kier molecular flexibility index (Phi) is 6.93. The van der Waals surface area contributed by atoms with Crippen molar-refractivity contribution in [2.24, 2.45) is 0 Å². The van der Waals surface area contributed by atoms with E-state index in [9.17, 15) is 0 Å². The third-order valence-electron chi connectivity index (χ3n) is 10.9. The Hall–Kier alpha value is -6.86. The first-order valence-corrected chi connectivity index (χ1v) is 20.3. The van der Waals surface area contributed by atoms with Gasteiger partial charge in [-0.05, 0) is 59.3 Å². The average Bonchev–Trinajstić information content (AvgIpc) is 3.84. The first-order valence-electron chi connectivity index (χ1n) is 18.6. The summed E-state index contributed by atoms with van der Waals surface area (Å²) in [6, 6.07) is 60.2. The normalized spacial score (nSPS) is 11.9. The lowest BCUT2D eigenvalue weighted by molar-refractivity contribution is 1.08. The van der Waals surface area contributed by atoms with Gasteiger partial charge in [-0.1, -0.05) is 121 Å². The molecule has 6 heteroatoms. The standard InChI is InChI=1S/C50H28N4S2/c1-2-12-30(13-3-1)47-36-24-26-43-46(45(36)34-15-6-8-18-39(34)51-47)38-28-33(23-25-41(38)56-43)49-52-48(32-22-21-29-11-4-5-14-31(29)27-32)53-50(54-49)37-17-10-20-42-44(37)35-16-7-9-19-40(35)55-42/h1-28H. The largest absolute Gasteiger partial charge is 0.247 e. The Bertz CT molecular complexity index is 3550. The summed E-state index contributed by atoms with van der Waals surface area (Å²) in [5.74, 6) is 1.96. The zero-order valence-electron chi connectivity index (χ0n) is 29.8. The van der Waals surface area contributed by atoms with Crippen molar-refractivity contribution in [3.63, 3.8) is 0 Å². The Morgan fingerprint density at radius 1 is 0.321 bits per heavy atom. The number of pyridine rings is 1. The van der Waals surface area contributed by atoms with E-state index in [1.165, 1.54) is 51.1 Å². The second kappa shape index (κ2) is 12.3. The van der Waals surface area contributed by atoms with Crippen LogP contribution in [0.5, 0.6) is 0 Å². The second-order valence-electron chi connectivity index (χ2n) is 14.2. The van der Waals surface area contributed by atoms with Crippen molar-refractivity contribution in [2.75, 3.05) is 0 Å². The van der Waals surface area contributed by atoms with Crippen LogP contribution in [0.4, 0.5) is 0 Å². The first kappa shape index (κ1) is 31.5. The van der Waals surface area contributed by atoms with Crippen LogP contribution >= 0.6 is 22.7 Å². The van der Waals surface area contributed by atoms with Gasteiger partial charge in [0.1, 0.15) is 0 Å². The summed E-state index contributed by atoms with van der Waals surface area (Å²) in [5.41, 5.74) is 6.00. The molecule has 0 saturated carbocycles. The van der Waals surface area contributed by atoms with Crippen LogP contribution in [-0.4, -0.2) is 19.9 Å². The number of para-hydroxylation sites is 1. The van der Waals surface area contributed by atoms with Gasteiger partial charge in [0.2, 0.25) is 0 Å². The van der Waals surface area contributed by atoms with Crippen LogP contribution in [0.3, 0.4) is 0 Å². The number of hydrogen-bond donors (Lipinski definition) is 0. The fourth-order valence-corrected chi connectivity index (χ4v) is 10.5.